The molecule has 0 aliphatic carbocycles. The van der Waals surface area contributed by atoms with Crippen LogP contribution in [-0.4, -0.2) is 31.4 Å². The summed E-state index contributed by atoms with van der Waals surface area (Å²) >= 11 is 0. The summed E-state index contributed by atoms with van der Waals surface area (Å²) in [6.45, 7) is 7.25. The van der Waals surface area contributed by atoms with E-state index in [-0.39, 0.29) is 12.0 Å². The molecule has 1 aromatic carbocycles. The highest BCUT2D eigenvalue weighted by atomic mass is 16.5. The molecule has 3 heteroatoms. The van der Waals surface area contributed by atoms with Crippen LogP contribution < -0.4 is 10.1 Å². The van der Waals surface area contributed by atoms with Crippen LogP contribution in [0.5, 0.6) is 5.75 Å². The quantitative estimate of drug-likeness (QED) is 0.718. The molecule has 2 N–H and O–H groups in total. The van der Waals surface area contributed by atoms with E-state index in [1.807, 2.05) is 0 Å². The second-order valence-corrected chi connectivity index (χ2v) is 5.83. The highest BCUT2D eigenvalue weighted by molar-refractivity contribution is 5.39. The number of hydrogen-bond donors (Lipinski definition) is 2. The van der Waals surface area contributed by atoms with Gasteiger partial charge in [0.2, 0.25) is 0 Å². The Morgan fingerprint density at radius 1 is 1.30 bits per heavy atom. The molecule has 0 spiro atoms. The highest BCUT2D eigenvalue weighted by Crippen LogP contribution is 2.26. The lowest BCUT2D eigenvalue weighted by Gasteiger charge is -2.29. The van der Waals surface area contributed by atoms with Crippen molar-refractivity contribution < 1.29 is 9.84 Å². The van der Waals surface area contributed by atoms with Crippen LogP contribution in [0.1, 0.15) is 37.8 Å². The number of aliphatic hydroxyl groups is 1. The van der Waals surface area contributed by atoms with Gasteiger partial charge in [0, 0.05) is 25.0 Å². The van der Waals surface area contributed by atoms with Crippen LogP contribution in [0.25, 0.3) is 0 Å². The maximum absolute atomic E-state index is 9.54. The minimum Gasteiger partial charge on any atom is -0.493 e. The van der Waals surface area contributed by atoms with Crippen LogP contribution in [0.2, 0.25) is 0 Å². The average molecular weight is 277 g/mol. The predicted octanol–water partition coefficient (Wildman–Crippen LogP) is 2.55. The lowest BCUT2D eigenvalue weighted by Crippen LogP contribution is -2.37. The molecule has 1 aliphatic heterocycles. The lowest BCUT2D eigenvalue weighted by molar-refractivity contribution is 0.113. The van der Waals surface area contributed by atoms with Crippen LogP contribution >= 0.6 is 0 Å². The van der Waals surface area contributed by atoms with Crippen LogP contribution in [-0.2, 0) is 12.8 Å². The van der Waals surface area contributed by atoms with Crippen molar-refractivity contribution in [2.75, 3.05) is 26.3 Å². The summed E-state index contributed by atoms with van der Waals surface area (Å²) in [7, 11) is 0. The van der Waals surface area contributed by atoms with E-state index in [0.29, 0.717) is 0 Å². The van der Waals surface area contributed by atoms with Crippen LogP contribution in [0.3, 0.4) is 0 Å². The van der Waals surface area contributed by atoms with Crippen molar-refractivity contribution in [3.63, 3.8) is 0 Å². The number of ether oxygens (including phenoxy) is 1. The van der Waals surface area contributed by atoms with Crippen molar-refractivity contribution in [1.29, 1.82) is 0 Å². The third-order valence-corrected chi connectivity index (χ3v) is 4.68. The summed E-state index contributed by atoms with van der Waals surface area (Å²) in [5.41, 5.74) is 2.75. The lowest BCUT2D eigenvalue weighted by atomic mass is 9.83. The summed E-state index contributed by atoms with van der Waals surface area (Å²) in [6, 6.07) is 6.52. The van der Waals surface area contributed by atoms with Gasteiger partial charge in [0.05, 0.1) is 6.61 Å². The standard InChI is InChI=1S/C17H27NO2/c1-3-17(4-2,13-19)12-18-9-7-14-5-6-16-15(11-14)8-10-20-16/h5-6,11,18-19H,3-4,7-10,12-13H2,1-2H3. The van der Waals surface area contributed by atoms with E-state index < -0.39 is 0 Å². The zero-order chi connectivity index (χ0) is 14.4. The van der Waals surface area contributed by atoms with Gasteiger partial charge in [0.15, 0.2) is 0 Å². The van der Waals surface area contributed by atoms with E-state index in [0.717, 1.165) is 51.1 Å². The minimum absolute atomic E-state index is 0.0474. The molecule has 0 unspecified atom stereocenters. The molecule has 0 radical (unpaired) electrons. The minimum atomic E-state index is 0.0474. The molecule has 0 amide bonds. The van der Waals surface area contributed by atoms with Crippen molar-refractivity contribution >= 4 is 0 Å². The first-order chi connectivity index (χ1) is 9.73. The Morgan fingerprint density at radius 2 is 2.10 bits per heavy atom. The summed E-state index contributed by atoms with van der Waals surface area (Å²) < 4.78 is 5.52. The smallest absolute Gasteiger partial charge is 0.122 e. The van der Waals surface area contributed by atoms with Crippen molar-refractivity contribution in [3.05, 3.63) is 29.3 Å². The summed E-state index contributed by atoms with van der Waals surface area (Å²) in [5.74, 6) is 1.05. The summed E-state index contributed by atoms with van der Waals surface area (Å²) in [5, 5.41) is 13.0. The van der Waals surface area contributed by atoms with Gasteiger partial charge in [-0.25, -0.2) is 0 Å². The molecule has 3 nitrogen and oxygen atoms in total. The Labute approximate surface area is 122 Å². The van der Waals surface area contributed by atoms with Crippen LogP contribution in [0.4, 0.5) is 0 Å². The van der Waals surface area contributed by atoms with Gasteiger partial charge in [-0.1, -0.05) is 26.0 Å². The van der Waals surface area contributed by atoms with Gasteiger partial charge in [0.1, 0.15) is 5.75 Å². The Kier molecular flexibility index (Phi) is 5.44. The second kappa shape index (κ2) is 7.09. The van der Waals surface area contributed by atoms with Crippen molar-refractivity contribution in [1.82, 2.24) is 5.32 Å². The number of rotatable bonds is 8. The molecular formula is C17H27NO2. The molecule has 0 bridgehead atoms. The van der Waals surface area contributed by atoms with Gasteiger partial charge in [-0.2, -0.15) is 0 Å². The summed E-state index contributed by atoms with van der Waals surface area (Å²) in [6.07, 6.45) is 4.10. The normalized spacial score (nSPS) is 14.2. The number of aliphatic hydroxyl groups excluding tert-OH is 1. The molecular weight excluding hydrogens is 250 g/mol. The van der Waals surface area contributed by atoms with Crippen molar-refractivity contribution in [2.24, 2.45) is 5.41 Å². The zero-order valence-corrected chi connectivity index (χ0v) is 12.7. The van der Waals surface area contributed by atoms with E-state index in [9.17, 15) is 5.11 Å². The fourth-order valence-corrected chi connectivity index (χ4v) is 2.76. The third-order valence-electron chi connectivity index (χ3n) is 4.68. The Bertz CT molecular complexity index is 419. The van der Waals surface area contributed by atoms with E-state index in [1.165, 1.54) is 11.1 Å². The van der Waals surface area contributed by atoms with E-state index in [2.05, 4.69) is 37.4 Å². The van der Waals surface area contributed by atoms with Gasteiger partial charge < -0.3 is 15.2 Å². The fraction of sp³-hybridized carbons (Fsp3) is 0.647. The number of hydrogen-bond acceptors (Lipinski definition) is 3. The number of benzene rings is 1. The van der Waals surface area contributed by atoms with Crippen molar-refractivity contribution in [3.8, 4) is 5.75 Å². The SMILES string of the molecule is CCC(CC)(CO)CNCCc1ccc2c(c1)CCO2. The maximum Gasteiger partial charge on any atom is 0.122 e. The molecule has 0 saturated carbocycles. The van der Waals surface area contributed by atoms with Gasteiger partial charge in [-0.05, 0) is 43.0 Å². The monoisotopic (exact) mass is 277 g/mol. The number of nitrogens with one attached hydrogen (secondary N) is 1. The molecule has 0 atom stereocenters. The molecule has 0 aromatic heterocycles. The highest BCUT2D eigenvalue weighted by Gasteiger charge is 2.24. The van der Waals surface area contributed by atoms with E-state index in [4.69, 9.17) is 4.74 Å². The average Bonchev–Trinajstić information content (AvgIpc) is 2.96. The van der Waals surface area contributed by atoms with E-state index >= 15 is 0 Å². The van der Waals surface area contributed by atoms with Crippen LogP contribution in [0, 0.1) is 5.41 Å². The topological polar surface area (TPSA) is 41.5 Å². The number of fused-ring (bicyclic) bond motifs is 1. The van der Waals surface area contributed by atoms with Gasteiger partial charge in [0.25, 0.3) is 0 Å². The fourth-order valence-electron chi connectivity index (χ4n) is 2.76. The molecule has 20 heavy (non-hydrogen) atoms. The van der Waals surface area contributed by atoms with Gasteiger partial charge in [-0.3, -0.25) is 0 Å². The molecule has 1 heterocycles. The third kappa shape index (κ3) is 3.53. The van der Waals surface area contributed by atoms with Crippen LogP contribution in [0.15, 0.2) is 18.2 Å². The Morgan fingerprint density at radius 3 is 2.80 bits per heavy atom. The molecule has 2 rings (SSSR count). The Hall–Kier alpha value is -1.06. The second-order valence-electron chi connectivity index (χ2n) is 5.83. The van der Waals surface area contributed by atoms with E-state index in [1.54, 1.807) is 0 Å². The first kappa shape index (κ1) is 15.3. The van der Waals surface area contributed by atoms with Crippen molar-refractivity contribution in [2.45, 2.75) is 39.5 Å². The molecule has 0 fully saturated rings. The molecule has 112 valence electrons. The van der Waals surface area contributed by atoms with Gasteiger partial charge >= 0.3 is 0 Å². The summed E-state index contributed by atoms with van der Waals surface area (Å²) in [4.78, 5) is 0. The maximum atomic E-state index is 9.54. The largest absolute Gasteiger partial charge is 0.493 e. The predicted molar refractivity (Wildman–Crippen MR) is 82.3 cm³/mol. The first-order valence-electron chi connectivity index (χ1n) is 7.79. The Balaban J connectivity index is 1.78. The molecule has 1 aliphatic rings. The molecule has 0 saturated heterocycles. The molecule has 1 aromatic rings. The first-order valence-corrected chi connectivity index (χ1v) is 7.79. The van der Waals surface area contributed by atoms with Gasteiger partial charge in [-0.15, -0.1) is 0 Å². The zero-order valence-electron chi connectivity index (χ0n) is 12.7.